The van der Waals surface area contributed by atoms with Gasteiger partial charge in [-0.3, -0.25) is 9.78 Å². The van der Waals surface area contributed by atoms with Crippen molar-refractivity contribution in [2.24, 2.45) is 5.41 Å². The highest BCUT2D eigenvalue weighted by Crippen LogP contribution is 2.48. The van der Waals surface area contributed by atoms with E-state index in [1.807, 2.05) is 13.8 Å². The monoisotopic (exact) mass is 329 g/mol. The van der Waals surface area contributed by atoms with Crippen LogP contribution in [0.1, 0.15) is 98.0 Å². The van der Waals surface area contributed by atoms with Crippen LogP contribution in [0.4, 0.5) is 0 Å². The van der Waals surface area contributed by atoms with Crippen molar-refractivity contribution in [3.63, 3.8) is 0 Å². The first-order valence-corrected chi connectivity index (χ1v) is 9.11. The lowest BCUT2D eigenvalue weighted by molar-refractivity contribution is -0.0159. The SMILES string of the molecule is CCCC1(CC)OC(=O)c2c(CC)nc3c(c21)C(=O)CC(C)(C)C3. The summed E-state index contributed by atoms with van der Waals surface area (Å²) >= 11 is 0. The summed E-state index contributed by atoms with van der Waals surface area (Å²) < 4.78 is 5.89. The molecule has 4 heteroatoms. The number of rotatable bonds is 4. The zero-order valence-corrected chi connectivity index (χ0v) is 15.4. The highest BCUT2D eigenvalue weighted by Gasteiger charge is 2.50. The Balaban J connectivity index is 2.34. The maximum absolute atomic E-state index is 13.0. The molecule has 0 bridgehead atoms. The average molecular weight is 329 g/mol. The molecule has 2 heterocycles. The van der Waals surface area contributed by atoms with Gasteiger partial charge in [-0.05, 0) is 31.1 Å². The van der Waals surface area contributed by atoms with Gasteiger partial charge in [0, 0.05) is 17.5 Å². The first-order valence-electron chi connectivity index (χ1n) is 9.11. The fraction of sp³-hybridized carbons (Fsp3) is 0.650. The number of ketones is 1. The number of aryl methyl sites for hydroxylation is 1. The van der Waals surface area contributed by atoms with Crippen LogP contribution in [0.5, 0.6) is 0 Å². The van der Waals surface area contributed by atoms with Crippen molar-refractivity contribution in [1.29, 1.82) is 0 Å². The van der Waals surface area contributed by atoms with Gasteiger partial charge in [-0.15, -0.1) is 0 Å². The fourth-order valence-corrected chi connectivity index (χ4v) is 4.37. The first kappa shape index (κ1) is 17.1. The molecule has 0 fully saturated rings. The van der Waals surface area contributed by atoms with Crippen molar-refractivity contribution < 1.29 is 14.3 Å². The summed E-state index contributed by atoms with van der Waals surface area (Å²) in [6.07, 6.45) is 4.28. The molecule has 4 nitrogen and oxygen atoms in total. The van der Waals surface area contributed by atoms with E-state index in [2.05, 4.69) is 20.8 Å². The molecule has 0 saturated heterocycles. The highest BCUT2D eigenvalue weighted by atomic mass is 16.6. The predicted octanol–water partition coefficient (Wildman–Crippen LogP) is 4.37. The zero-order valence-electron chi connectivity index (χ0n) is 15.4. The third kappa shape index (κ3) is 2.38. The van der Waals surface area contributed by atoms with Gasteiger partial charge in [-0.2, -0.15) is 0 Å². The lowest BCUT2D eigenvalue weighted by Crippen LogP contribution is -2.33. The Hall–Kier alpha value is -1.71. The molecule has 0 N–H and O–H groups in total. The summed E-state index contributed by atoms with van der Waals surface area (Å²) in [6.45, 7) is 10.3. The van der Waals surface area contributed by atoms with Crippen molar-refractivity contribution in [3.05, 3.63) is 28.1 Å². The number of aromatic nitrogens is 1. The van der Waals surface area contributed by atoms with E-state index in [1.54, 1.807) is 0 Å². The first-order chi connectivity index (χ1) is 11.3. The van der Waals surface area contributed by atoms with Gasteiger partial charge in [0.1, 0.15) is 5.60 Å². The Morgan fingerprint density at radius 1 is 1.08 bits per heavy atom. The van der Waals surface area contributed by atoms with Crippen LogP contribution in [0.3, 0.4) is 0 Å². The van der Waals surface area contributed by atoms with Crippen LogP contribution in [0.2, 0.25) is 0 Å². The molecular formula is C20H27NO3. The third-order valence-corrected chi connectivity index (χ3v) is 5.42. The maximum Gasteiger partial charge on any atom is 0.341 e. The van der Waals surface area contributed by atoms with Gasteiger partial charge < -0.3 is 4.74 Å². The molecule has 1 unspecified atom stereocenters. The maximum atomic E-state index is 13.0. The Labute approximate surface area is 144 Å². The quantitative estimate of drug-likeness (QED) is 0.769. The zero-order chi connectivity index (χ0) is 17.7. The number of pyridine rings is 1. The molecule has 0 aromatic carbocycles. The number of ether oxygens (including phenoxy) is 1. The van der Waals surface area contributed by atoms with E-state index in [9.17, 15) is 9.59 Å². The van der Waals surface area contributed by atoms with Gasteiger partial charge >= 0.3 is 5.97 Å². The van der Waals surface area contributed by atoms with E-state index in [1.165, 1.54) is 0 Å². The molecule has 1 aromatic heterocycles. The molecule has 24 heavy (non-hydrogen) atoms. The van der Waals surface area contributed by atoms with Gasteiger partial charge in [0.25, 0.3) is 0 Å². The van der Waals surface area contributed by atoms with E-state index < -0.39 is 5.60 Å². The Bertz CT molecular complexity index is 720. The molecule has 0 saturated carbocycles. The van der Waals surface area contributed by atoms with E-state index in [0.717, 1.165) is 36.2 Å². The highest BCUT2D eigenvalue weighted by molar-refractivity contribution is 6.06. The van der Waals surface area contributed by atoms with Crippen LogP contribution < -0.4 is 0 Å². The van der Waals surface area contributed by atoms with Crippen molar-refractivity contribution >= 4 is 11.8 Å². The van der Waals surface area contributed by atoms with Gasteiger partial charge in [-0.25, -0.2) is 4.79 Å². The molecular weight excluding hydrogens is 302 g/mol. The lowest BCUT2D eigenvalue weighted by atomic mass is 9.71. The smallest absolute Gasteiger partial charge is 0.341 e. The van der Waals surface area contributed by atoms with Crippen molar-refractivity contribution in [3.8, 4) is 0 Å². The number of nitrogens with zero attached hydrogens (tertiary/aromatic N) is 1. The second kappa shape index (κ2) is 5.68. The minimum absolute atomic E-state index is 0.0839. The number of hydrogen-bond acceptors (Lipinski definition) is 4. The second-order valence-electron chi connectivity index (χ2n) is 7.91. The normalized spacial score (nSPS) is 24.5. The van der Waals surface area contributed by atoms with Gasteiger partial charge in [0.05, 0.1) is 17.0 Å². The van der Waals surface area contributed by atoms with Crippen LogP contribution in [-0.4, -0.2) is 16.7 Å². The molecule has 130 valence electrons. The summed E-state index contributed by atoms with van der Waals surface area (Å²) in [7, 11) is 0. The number of carbonyl (C=O) groups is 2. The van der Waals surface area contributed by atoms with Gasteiger partial charge in [0.15, 0.2) is 5.78 Å². The largest absolute Gasteiger partial charge is 0.450 e. The Morgan fingerprint density at radius 3 is 2.38 bits per heavy atom. The number of esters is 1. The molecule has 0 spiro atoms. The van der Waals surface area contributed by atoms with E-state index >= 15 is 0 Å². The molecule has 0 amide bonds. The fourth-order valence-electron chi connectivity index (χ4n) is 4.37. The summed E-state index contributed by atoms with van der Waals surface area (Å²) in [4.78, 5) is 30.3. The molecule has 2 aliphatic rings. The molecule has 1 aromatic rings. The number of carbonyl (C=O) groups excluding carboxylic acids is 2. The minimum Gasteiger partial charge on any atom is -0.450 e. The number of Topliss-reactive ketones (excluding diaryl/α,β-unsaturated/α-hetero) is 1. The van der Waals surface area contributed by atoms with Crippen LogP contribution in [0.25, 0.3) is 0 Å². The molecule has 1 aliphatic carbocycles. The third-order valence-electron chi connectivity index (χ3n) is 5.42. The van der Waals surface area contributed by atoms with Gasteiger partial charge in [-0.1, -0.05) is 41.0 Å². The van der Waals surface area contributed by atoms with Crippen LogP contribution in [0.15, 0.2) is 0 Å². The summed E-state index contributed by atoms with van der Waals surface area (Å²) in [5, 5.41) is 0. The molecule has 1 aliphatic heterocycles. The van der Waals surface area contributed by atoms with Crippen molar-refractivity contribution in [2.75, 3.05) is 0 Å². The van der Waals surface area contributed by atoms with E-state index in [4.69, 9.17) is 9.72 Å². The van der Waals surface area contributed by atoms with Crippen LogP contribution in [0, 0.1) is 5.41 Å². The standard InChI is InChI=1S/C20H27NO3/c1-6-9-20(8-3)17-15-13(10-19(4,5)11-14(15)22)21-12(7-2)16(17)18(23)24-20/h6-11H2,1-5H3. The van der Waals surface area contributed by atoms with Crippen molar-refractivity contribution in [1.82, 2.24) is 4.98 Å². The lowest BCUT2D eigenvalue weighted by Gasteiger charge is -2.34. The Morgan fingerprint density at radius 2 is 1.79 bits per heavy atom. The number of cyclic esters (lactones) is 1. The molecule has 3 rings (SSSR count). The summed E-state index contributed by atoms with van der Waals surface area (Å²) in [5.74, 6) is -0.190. The summed E-state index contributed by atoms with van der Waals surface area (Å²) in [5.41, 5.74) is 3.00. The van der Waals surface area contributed by atoms with Crippen LogP contribution in [-0.2, 0) is 23.2 Å². The van der Waals surface area contributed by atoms with Crippen LogP contribution >= 0.6 is 0 Å². The predicted molar refractivity (Wildman–Crippen MR) is 92.3 cm³/mol. The van der Waals surface area contributed by atoms with E-state index in [-0.39, 0.29) is 17.2 Å². The topological polar surface area (TPSA) is 56.3 Å². The molecule has 1 atom stereocenters. The number of hydrogen-bond donors (Lipinski definition) is 0. The van der Waals surface area contributed by atoms with Crippen molar-refractivity contribution in [2.45, 2.75) is 78.7 Å². The average Bonchev–Trinajstić information content (AvgIpc) is 2.79. The van der Waals surface area contributed by atoms with Gasteiger partial charge in [0.2, 0.25) is 0 Å². The minimum atomic E-state index is -0.657. The number of fused-ring (bicyclic) bond motifs is 3. The Kier molecular flexibility index (Phi) is 4.05. The second-order valence-corrected chi connectivity index (χ2v) is 7.91. The van der Waals surface area contributed by atoms with E-state index in [0.29, 0.717) is 30.4 Å². The molecule has 0 radical (unpaired) electrons. The summed E-state index contributed by atoms with van der Waals surface area (Å²) in [6, 6.07) is 0.